The first-order valence-electron chi connectivity index (χ1n) is 2.43. The molecular formula is C4H12N2O. The number of rotatable bonds is 4. The first kappa shape index (κ1) is 6.88. The summed E-state index contributed by atoms with van der Waals surface area (Å²) in [5.74, 6) is 0. The average Bonchev–Trinajstić information content (AvgIpc) is 1.69. The molecule has 0 saturated heterocycles. The van der Waals surface area contributed by atoms with E-state index in [0.717, 1.165) is 13.0 Å². The van der Waals surface area contributed by atoms with E-state index in [-0.39, 0.29) is 0 Å². The topological polar surface area (TPSA) is 44.3 Å². The number of nitrogens with one attached hydrogen (secondary N) is 2. The lowest BCUT2D eigenvalue weighted by molar-refractivity contribution is 0.165. The molecule has 0 unspecified atom stereocenters. The minimum Gasteiger partial charge on any atom is -0.320 e. The van der Waals surface area contributed by atoms with Gasteiger partial charge in [0.25, 0.3) is 0 Å². The Morgan fingerprint density at radius 1 is 1.43 bits per heavy atom. The fraction of sp³-hybridized carbons (Fsp3) is 1.00. The fourth-order valence-electron chi connectivity index (χ4n) is 0.344. The third kappa shape index (κ3) is 5.88. The Labute approximate surface area is 43.7 Å². The maximum absolute atomic E-state index is 8.02. The van der Waals surface area contributed by atoms with Gasteiger partial charge in [0.1, 0.15) is 0 Å². The number of hydrogen-bond acceptors (Lipinski definition) is 3. The van der Waals surface area contributed by atoms with Gasteiger partial charge in [-0.15, -0.1) is 0 Å². The summed E-state index contributed by atoms with van der Waals surface area (Å²) >= 11 is 0. The Balaban J connectivity index is 2.45. The van der Waals surface area contributed by atoms with Crippen LogP contribution in [-0.2, 0) is 0 Å². The summed E-state index contributed by atoms with van der Waals surface area (Å²) < 4.78 is 0. The van der Waals surface area contributed by atoms with Gasteiger partial charge in [0, 0.05) is 6.54 Å². The van der Waals surface area contributed by atoms with Gasteiger partial charge >= 0.3 is 0 Å². The summed E-state index contributed by atoms with van der Waals surface area (Å²) in [5.41, 5.74) is 2.06. The summed E-state index contributed by atoms with van der Waals surface area (Å²) in [6.07, 6.45) is 0.965. The highest BCUT2D eigenvalue weighted by atomic mass is 16.5. The molecule has 3 N–H and O–H groups in total. The van der Waals surface area contributed by atoms with Crippen molar-refractivity contribution in [2.75, 3.05) is 20.1 Å². The number of hydrogen-bond donors (Lipinski definition) is 3. The molecule has 0 aliphatic carbocycles. The molecule has 0 aliphatic heterocycles. The van der Waals surface area contributed by atoms with E-state index in [1.807, 2.05) is 7.05 Å². The molecule has 0 bridgehead atoms. The standard InChI is InChI=1S/C4H12N2O/c1-5-3-2-4-6-7/h5-7H,2-4H2,1H3. The van der Waals surface area contributed by atoms with Crippen LogP contribution < -0.4 is 10.8 Å². The zero-order valence-corrected chi connectivity index (χ0v) is 4.57. The molecule has 0 aliphatic rings. The predicted molar refractivity (Wildman–Crippen MR) is 28.3 cm³/mol. The molecule has 44 valence electrons. The van der Waals surface area contributed by atoms with Crippen molar-refractivity contribution in [2.24, 2.45) is 0 Å². The average molecular weight is 104 g/mol. The molecule has 0 rings (SSSR count). The lowest BCUT2D eigenvalue weighted by Crippen LogP contribution is -2.16. The highest BCUT2D eigenvalue weighted by Gasteiger charge is 1.78. The highest BCUT2D eigenvalue weighted by molar-refractivity contribution is 4.39. The third-order valence-electron chi connectivity index (χ3n) is 0.715. The fourth-order valence-corrected chi connectivity index (χ4v) is 0.344. The molecule has 0 heterocycles. The molecular weight excluding hydrogens is 92.1 g/mol. The molecule has 0 aromatic carbocycles. The molecule has 0 atom stereocenters. The summed E-state index contributed by atoms with van der Waals surface area (Å²) in [4.78, 5) is 0. The molecule has 0 aromatic heterocycles. The van der Waals surface area contributed by atoms with Crippen molar-refractivity contribution in [3.05, 3.63) is 0 Å². The molecule has 7 heavy (non-hydrogen) atoms. The quantitative estimate of drug-likeness (QED) is 0.335. The van der Waals surface area contributed by atoms with Crippen molar-refractivity contribution in [3.8, 4) is 0 Å². The minimum atomic E-state index is 0.668. The van der Waals surface area contributed by atoms with E-state index in [4.69, 9.17) is 5.21 Å². The molecule has 0 spiro atoms. The summed E-state index contributed by atoms with van der Waals surface area (Å²) in [6.45, 7) is 1.62. The SMILES string of the molecule is CNCCCNO. The van der Waals surface area contributed by atoms with Gasteiger partial charge in [-0.25, -0.2) is 5.48 Å². The Kier molecular flexibility index (Phi) is 5.78. The molecule has 3 heteroatoms. The van der Waals surface area contributed by atoms with E-state index in [2.05, 4.69) is 10.8 Å². The van der Waals surface area contributed by atoms with Crippen LogP contribution in [0, 0.1) is 0 Å². The molecule has 0 fully saturated rings. The first-order chi connectivity index (χ1) is 3.41. The molecule has 0 radical (unpaired) electrons. The lowest BCUT2D eigenvalue weighted by Gasteiger charge is -1.94. The monoisotopic (exact) mass is 104 g/mol. The van der Waals surface area contributed by atoms with Crippen LogP contribution in [0.25, 0.3) is 0 Å². The van der Waals surface area contributed by atoms with Crippen molar-refractivity contribution in [2.45, 2.75) is 6.42 Å². The van der Waals surface area contributed by atoms with Gasteiger partial charge in [-0.05, 0) is 20.0 Å². The highest BCUT2D eigenvalue weighted by Crippen LogP contribution is 1.66. The van der Waals surface area contributed by atoms with Crippen LogP contribution in [0.4, 0.5) is 0 Å². The summed E-state index contributed by atoms with van der Waals surface area (Å²) in [5, 5.41) is 11.0. The third-order valence-corrected chi connectivity index (χ3v) is 0.715. The van der Waals surface area contributed by atoms with Gasteiger partial charge in [-0.1, -0.05) is 0 Å². The van der Waals surface area contributed by atoms with Gasteiger partial charge in [-0.3, -0.25) is 0 Å². The van der Waals surface area contributed by atoms with Crippen LogP contribution in [0.2, 0.25) is 0 Å². The van der Waals surface area contributed by atoms with Gasteiger partial charge in [-0.2, -0.15) is 0 Å². The van der Waals surface area contributed by atoms with Gasteiger partial charge in [0.05, 0.1) is 0 Å². The van der Waals surface area contributed by atoms with Gasteiger partial charge in [0.2, 0.25) is 0 Å². The van der Waals surface area contributed by atoms with Crippen molar-refractivity contribution < 1.29 is 5.21 Å². The minimum absolute atomic E-state index is 0.668. The normalized spacial score (nSPS) is 9.43. The van der Waals surface area contributed by atoms with E-state index < -0.39 is 0 Å². The first-order valence-corrected chi connectivity index (χ1v) is 2.43. The van der Waals surface area contributed by atoms with Crippen LogP contribution in [0.3, 0.4) is 0 Å². The zero-order valence-electron chi connectivity index (χ0n) is 4.57. The summed E-state index contributed by atoms with van der Waals surface area (Å²) in [6, 6.07) is 0. The van der Waals surface area contributed by atoms with Crippen molar-refractivity contribution in [1.82, 2.24) is 10.8 Å². The van der Waals surface area contributed by atoms with E-state index in [1.165, 1.54) is 0 Å². The van der Waals surface area contributed by atoms with Gasteiger partial charge < -0.3 is 10.5 Å². The van der Waals surface area contributed by atoms with Crippen molar-refractivity contribution >= 4 is 0 Å². The smallest absolute Gasteiger partial charge is 0.0219 e. The number of hydroxylamine groups is 1. The molecule has 3 nitrogen and oxygen atoms in total. The van der Waals surface area contributed by atoms with Crippen molar-refractivity contribution in [3.63, 3.8) is 0 Å². The molecule has 0 amide bonds. The van der Waals surface area contributed by atoms with Gasteiger partial charge in [0.15, 0.2) is 0 Å². The van der Waals surface area contributed by atoms with E-state index >= 15 is 0 Å². The van der Waals surface area contributed by atoms with Crippen LogP contribution in [0.15, 0.2) is 0 Å². The second-order valence-electron chi connectivity index (χ2n) is 1.37. The van der Waals surface area contributed by atoms with Crippen LogP contribution in [0.5, 0.6) is 0 Å². The zero-order chi connectivity index (χ0) is 5.54. The largest absolute Gasteiger partial charge is 0.320 e. The van der Waals surface area contributed by atoms with E-state index in [1.54, 1.807) is 0 Å². The Bertz CT molecular complexity index is 28.9. The van der Waals surface area contributed by atoms with Crippen LogP contribution in [0.1, 0.15) is 6.42 Å². The Hall–Kier alpha value is -0.120. The van der Waals surface area contributed by atoms with E-state index in [0.29, 0.717) is 6.54 Å². The van der Waals surface area contributed by atoms with Crippen LogP contribution in [-0.4, -0.2) is 25.3 Å². The van der Waals surface area contributed by atoms with Crippen molar-refractivity contribution in [1.29, 1.82) is 0 Å². The maximum atomic E-state index is 8.02. The second kappa shape index (κ2) is 5.88. The summed E-state index contributed by atoms with van der Waals surface area (Å²) in [7, 11) is 1.89. The Morgan fingerprint density at radius 3 is 2.57 bits per heavy atom. The van der Waals surface area contributed by atoms with Crippen LogP contribution >= 0.6 is 0 Å². The molecule has 0 aromatic rings. The predicted octanol–water partition coefficient (Wildman–Crippen LogP) is -0.425. The Morgan fingerprint density at radius 2 is 2.14 bits per heavy atom. The maximum Gasteiger partial charge on any atom is 0.0219 e. The molecule has 0 saturated carbocycles. The lowest BCUT2D eigenvalue weighted by atomic mass is 10.4. The second-order valence-corrected chi connectivity index (χ2v) is 1.37. The van der Waals surface area contributed by atoms with E-state index in [9.17, 15) is 0 Å².